The lowest BCUT2D eigenvalue weighted by Crippen LogP contribution is -2.22. The van der Waals surface area contributed by atoms with E-state index in [1.165, 1.54) is 7.11 Å². The van der Waals surface area contributed by atoms with Crippen molar-refractivity contribution in [2.24, 2.45) is 0 Å². The lowest BCUT2D eigenvalue weighted by atomic mass is 10.0. The van der Waals surface area contributed by atoms with Gasteiger partial charge in [0.25, 0.3) is 5.91 Å². The van der Waals surface area contributed by atoms with Crippen molar-refractivity contribution < 1.29 is 19.1 Å². The zero-order valence-electron chi connectivity index (χ0n) is 17.2. The second-order valence-electron chi connectivity index (χ2n) is 7.01. The van der Waals surface area contributed by atoms with Crippen LogP contribution in [0.4, 0.5) is 5.69 Å². The van der Waals surface area contributed by atoms with Crippen LogP contribution in [0.15, 0.2) is 60.8 Å². The van der Waals surface area contributed by atoms with Crippen LogP contribution in [0.1, 0.15) is 21.6 Å². The van der Waals surface area contributed by atoms with Gasteiger partial charge in [0, 0.05) is 24.1 Å². The Morgan fingerprint density at radius 3 is 2.58 bits per heavy atom. The molecule has 0 saturated heterocycles. The molecule has 0 fully saturated rings. The molecular weight excluding hydrogens is 394 g/mol. The van der Waals surface area contributed by atoms with Gasteiger partial charge in [-0.1, -0.05) is 24.3 Å². The maximum atomic E-state index is 12.9. The molecule has 4 aromatic rings. The first-order valence-electron chi connectivity index (χ1n) is 9.76. The fraction of sp³-hybridized carbons (Fsp3) is 0.167. The van der Waals surface area contributed by atoms with E-state index in [0.29, 0.717) is 16.9 Å². The quantitative estimate of drug-likeness (QED) is 0.478. The normalized spacial score (nSPS) is 10.9. The highest BCUT2D eigenvalue weighted by Gasteiger charge is 2.21. The number of hydrogen-bond donors (Lipinski definition) is 1. The van der Waals surface area contributed by atoms with Crippen molar-refractivity contribution in [1.82, 2.24) is 9.97 Å². The summed E-state index contributed by atoms with van der Waals surface area (Å²) in [7, 11) is 1.54. The SMILES string of the molecule is COCc1nc2ccccc2c(C)c1C(=O)OCC(=O)Nc1cccc2ncccc12. The molecule has 0 atom stereocenters. The molecule has 156 valence electrons. The number of esters is 1. The van der Waals surface area contributed by atoms with E-state index in [4.69, 9.17) is 9.47 Å². The van der Waals surface area contributed by atoms with Crippen LogP contribution in [-0.2, 0) is 20.9 Å². The molecule has 0 aliphatic carbocycles. The Morgan fingerprint density at radius 2 is 1.74 bits per heavy atom. The Bertz CT molecular complexity index is 1280. The van der Waals surface area contributed by atoms with E-state index in [9.17, 15) is 9.59 Å². The van der Waals surface area contributed by atoms with Crippen molar-refractivity contribution in [2.45, 2.75) is 13.5 Å². The number of amides is 1. The number of fused-ring (bicyclic) bond motifs is 2. The van der Waals surface area contributed by atoms with Gasteiger partial charge in [-0.2, -0.15) is 0 Å². The summed E-state index contributed by atoms with van der Waals surface area (Å²) in [6.07, 6.45) is 1.69. The van der Waals surface area contributed by atoms with Gasteiger partial charge in [0.2, 0.25) is 0 Å². The van der Waals surface area contributed by atoms with Crippen molar-refractivity contribution in [3.05, 3.63) is 77.6 Å². The van der Waals surface area contributed by atoms with Crippen molar-refractivity contribution in [3.63, 3.8) is 0 Å². The summed E-state index contributed by atoms with van der Waals surface area (Å²) in [6, 6.07) is 16.6. The summed E-state index contributed by atoms with van der Waals surface area (Å²) in [4.78, 5) is 34.1. The summed E-state index contributed by atoms with van der Waals surface area (Å²) < 4.78 is 10.5. The molecule has 0 bridgehead atoms. The maximum absolute atomic E-state index is 12.9. The number of hydrogen-bond acceptors (Lipinski definition) is 6. The average Bonchev–Trinajstić information content (AvgIpc) is 2.78. The Kier molecular flexibility index (Phi) is 5.86. The molecule has 0 spiro atoms. The third-order valence-corrected chi connectivity index (χ3v) is 4.97. The third-order valence-electron chi connectivity index (χ3n) is 4.97. The van der Waals surface area contributed by atoms with Crippen LogP contribution in [0.25, 0.3) is 21.8 Å². The number of anilines is 1. The zero-order valence-corrected chi connectivity index (χ0v) is 17.2. The van der Waals surface area contributed by atoms with Crippen LogP contribution in [0.3, 0.4) is 0 Å². The Hall–Kier alpha value is -3.84. The summed E-state index contributed by atoms with van der Waals surface area (Å²) in [5.74, 6) is -1.05. The summed E-state index contributed by atoms with van der Waals surface area (Å²) >= 11 is 0. The molecule has 31 heavy (non-hydrogen) atoms. The second kappa shape index (κ2) is 8.89. The number of rotatable bonds is 6. The fourth-order valence-electron chi connectivity index (χ4n) is 3.55. The minimum atomic E-state index is -0.613. The Balaban J connectivity index is 1.53. The number of pyridine rings is 2. The number of nitrogens with zero attached hydrogens (tertiary/aromatic N) is 2. The number of aromatic nitrogens is 2. The van der Waals surface area contributed by atoms with Gasteiger partial charge in [0.05, 0.1) is 34.6 Å². The number of carbonyl (C=O) groups is 2. The van der Waals surface area contributed by atoms with Crippen molar-refractivity contribution >= 4 is 39.4 Å². The monoisotopic (exact) mass is 415 g/mol. The lowest BCUT2D eigenvalue weighted by Gasteiger charge is -2.14. The highest BCUT2D eigenvalue weighted by atomic mass is 16.5. The number of methoxy groups -OCH3 is 1. The van der Waals surface area contributed by atoms with E-state index >= 15 is 0 Å². The van der Waals surface area contributed by atoms with E-state index in [2.05, 4.69) is 15.3 Å². The van der Waals surface area contributed by atoms with Gasteiger partial charge in [-0.15, -0.1) is 0 Å². The highest BCUT2D eigenvalue weighted by molar-refractivity contribution is 6.03. The number of aryl methyl sites for hydroxylation is 1. The lowest BCUT2D eigenvalue weighted by molar-refractivity contribution is -0.119. The van der Waals surface area contributed by atoms with Crippen LogP contribution in [-0.4, -0.2) is 35.6 Å². The number of nitrogens with one attached hydrogen (secondary N) is 1. The number of ether oxygens (including phenoxy) is 2. The molecule has 1 N–H and O–H groups in total. The summed E-state index contributed by atoms with van der Waals surface area (Å²) in [5, 5.41) is 4.44. The molecule has 7 nitrogen and oxygen atoms in total. The van der Waals surface area contributed by atoms with Crippen LogP contribution >= 0.6 is 0 Å². The van der Waals surface area contributed by atoms with E-state index in [0.717, 1.165) is 27.4 Å². The largest absolute Gasteiger partial charge is 0.452 e. The molecule has 7 heteroatoms. The van der Waals surface area contributed by atoms with Gasteiger partial charge in [-0.25, -0.2) is 9.78 Å². The molecule has 0 unspecified atom stereocenters. The van der Waals surface area contributed by atoms with E-state index in [1.807, 2.05) is 43.3 Å². The Labute approximate surface area is 179 Å². The van der Waals surface area contributed by atoms with E-state index in [-0.39, 0.29) is 6.61 Å². The van der Waals surface area contributed by atoms with Gasteiger partial charge >= 0.3 is 5.97 Å². The van der Waals surface area contributed by atoms with Crippen LogP contribution in [0.5, 0.6) is 0 Å². The topological polar surface area (TPSA) is 90.4 Å². The minimum absolute atomic E-state index is 0.158. The predicted molar refractivity (Wildman–Crippen MR) is 118 cm³/mol. The zero-order chi connectivity index (χ0) is 21.8. The molecule has 2 aromatic heterocycles. The Morgan fingerprint density at radius 1 is 0.968 bits per heavy atom. The van der Waals surface area contributed by atoms with Crippen molar-refractivity contribution in [1.29, 1.82) is 0 Å². The molecule has 0 radical (unpaired) electrons. The summed E-state index contributed by atoms with van der Waals surface area (Å²) in [5.41, 5.74) is 3.68. The standard InChI is InChI=1S/C24H21N3O4/c1-15-16-7-3-4-9-19(16)26-21(13-30-2)23(15)24(29)31-14-22(28)27-20-11-5-10-18-17(20)8-6-12-25-18/h3-12H,13-14H2,1-2H3,(H,27,28). The first-order valence-corrected chi connectivity index (χ1v) is 9.76. The van der Waals surface area contributed by atoms with Gasteiger partial charge in [0.1, 0.15) is 0 Å². The summed E-state index contributed by atoms with van der Waals surface area (Å²) in [6.45, 7) is 1.57. The molecule has 1 amide bonds. The van der Waals surface area contributed by atoms with Crippen molar-refractivity contribution in [3.8, 4) is 0 Å². The van der Waals surface area contributed by atoms with Gasteiger partial charge in [-0.05, 0) is 42.8 Å². The van der Waals surface area contributed by atoms with E-state index in [1.54, 1.807) is 24.4 Å². The fourth-order valence-corrected chi connectivity index (χ4v) is 3.55. The van der Waals surface area contributed by atoms with Crippen molar-refractivity contribution in [2.75, 3.05) is 19.0 Å². The van der Waals surface area contributed by atoms with Gasteiger partial charge in [-0.3, -0.25) is 9.78 Å². The second-order valence-corrected chi connectivity index (χ2v) is 7.01. The van der Waals surface area contributed by atoms with Crippen LogP contribution in [0.2, 0.25) is 0 Å². The van der Waals surface area contributed by atoms with Crippen LogP contribution < -0.4 is 5.32 Å². The maximum Gasteiger partial charge on any atom is 0.340 e. The van der Waals surface area contributed by atoms with Crippen LogP contribution in [0, 0.1) is 6.92 Å². The third kappa shape index (κ3) is 4.22. The molecule has 0 aliphatic rings. The molecule has 0 saturated carbocycles. The highest BCUT2D eigenvalue weighted by Crippen LogP contribution is 2.24. The molecule has 4 rings (SSSR count). The number of benzene rings is 2. The van der Waals surface area contributed by atoms with Gasteiger partial charge in [0.15, 0.2) is 6.61 Å². The smallest absolute Gasteiger partial charge is 0.340 e. The molecular formula is C24H21N3O4. The molecule has 2 heterocycles. The van der Waals surface area contributed by atoms with Gasteiger partial charge < -0.3 is 14.8 Å². The minimum Gasteiger partial charge on any atom is -0.452 e. The predicted octanol–water partition coefficient (Wildman–Crippen LogP) is 4.03. The number of para-hydroxylation sites is 1. The number of carbonyl (C=O) groups excluding carboxylic acids is 2. The van der Waals surface area contributed by atoms with E-state index < -0.39 is 18.5 Å². The first kappa shape index (κ1) is 20.4. The average molecular weight is 415 g/mol. The first-order chi connectivity index (χ1) is 15.1. The molecule has 2 aromatic carbocycles. The molecule has 0 aliphatic heterocycles.